The van der Waals surface area contributed by atoms with Gasteiger partial charge in [0.05, 0.1) is 17.9 Å². The molecule has 1 aromatic heterocycles. The topological polar surface area (TPSA) is 76.0 Å². The van der Waals surface area contributed by atoms with E-state index in [0.29, 0.717) is 17.8 Å². The number of nitrogens with one attached hydrogen (secondary N) is 2. The molecule has 1 atom stereocenters. The van der Waals surface area contributed by atoms with Gasteiger partial charge in [-0.2, -0.15) is 13.2 Å². The molecule has 0 bridgehead atoms. The quantitative estimate of drug-likeness (QED) is 0.321. The lowest BCUT2D eigenvalue weighted by molar-refractivity contribution is -0.137. The van der Waals surface area contributed by atoms with Crippen molar-refractivity contribution in [2.45, 2.75) is 12.2 Å². The number of hydrogen-bond acceptors (Lipinski definition) is 3. The Hall–Kier alpha value is -4.25. The van der Waals surface area contributed by atoms with Crippen LogP contribution >= 0.6 is 11.6 Å². The Labute approximate surface area is 210 Å². The first-order valence-electron chi connectivity index (χ1n) is 10.6. The van der Waals surface area contributed by atoms with Crippen LogP contribution in [0.25, 0.3) is 5.69 Å². The van der Waals surface area contributed by atoms with E-state index in [1.54, 1.807) is 6.20 Å². The van der Waals surface area contributed by atoms with Crippen molar-refractivity contribution >= 4 is 29.1 Å². The number of carbonyl (C=O) groups is 2. The summed E-state index contributed by atoms with van der Waals surface area (Å²) >= 11 is 6.27. The van der Waals surface area contributed by atoms with Gasteiger partial charge in [0.15, 0.2) is 0 Å². The van der Waals surface area contributed by atoms with E-state index in [0.717, 1.165) is 12.1 Å². The minimum absolute atomic E-state index is 0.0210. The van der Waals surface area contributed by atoms with Gasteiger partial charge in [-0.05, 0) is 48.5 Å². The van der Waals surface area contributed by atoms with Crippen molar-refractivity contribution in [2.75, 3.05) is 5.32 Å². The van der Waals surface area contributed by atoms with Gasteiger partial charge in [-0.15, -0.1) is 0 Å². The van der Waals surface area contributed by atoms with Gasteiger partial charge in [0.2, 0.25) is 0 Å². The van der Waals surface area contributed by atoms with E-state index >= 15 is 0 Å². The van der Waals surface area contributed by atoms with Gasteiger partial charge in [0, 0.05) is 51.0 Å². The zero-order valence-corrected chi connectivity index (χ0v) is 19.2. The van der Waals surface area contributed by atoms with E-state index in [-0.39, 0.29) is 33.5 Å². The standard InChI is InChI=1S/C25H14ClF5N4O2/c26-19-2-1-14(27)8-17(19)22-21-18(24(37)34-22)9-16(35-4-3-32-11-35)10-20(21)33-23(36)12-5-13(25(29,30)31)7-15(28)6-12/h1-11,22H,(H,33,36)(H,34,37)/t22-/m0/s1. The first-order chi connectivity index (χ1) is 17.5. The number of nitrogens with zero attached hydrogens (tertiary/aromatic N) is 2. The summed E-state index contributed by atoms with van der Waals surface area (Å²) in [5, 5.41) is 5.31. The Morgan fingerprint density at radius 1 is 1.05 bits per heavy atom. The summed E-state index contributed by atoms with van der Waals surface area (Å²) in [6.07, 6.45) is -0.395. The monoisotopic (exact) mass is 532 g/mol. The van der Waals surface area contributed by atoms with Crippen LogP contribution in [0.15, 0.2) is 67.3 Å². The Bertz CT molecular complexity index is 1550. The van der Waals surface area contributed by atoms with Crippen LogP contribution in [0.1, 0.15) is 43.4 Å². The number of fused-ring (bicyclic) bond motifs is 1. The number of anilines is 1. The third-order valence-electron chi connectivity index (χ3n) is 5.78. The number of amides is 2. The van der Waals surface area contributed by atoms with Crippen LogP contribution in [0.3, 0.4) is 0 Å². The van der Waals surface area contributed by atoms with Crippen LogP contribution in [-0.4, -0.2) is 21.4 Å². The molecule has 1 aliphatic heterocycles. The number of hydrogen-bond donors (Lipinski definition) is 2. The highest BCUT2D eigenvalue weighted by molar-refractivity contribution is 6.31. The summed E-state index contributed by atoms with van der Waals surface area (Å²) in [6.45, 7) is 0. The van der Waals surface area contributed by atoms with Crippen molar-refractivity contribution in [3.63, 3.8) is 0 Å². The van der Waals surface area contributed by atoms with E-state index in [2.05, 4.69) is 15.6 Å². The Balaban J connectivity index is 1.65. The maximum atomic E-state index is 14.0. The van der Waals surface area contributed by atoms with Crippen LogP contribution in [0.5, 0.6) is 0 Å². The minimum Gasteiger partial charge on any atom is -0.341 e. The number of carbonyl (C=O) groups excluding carboxylic acids is 2. The van der Waals surface area contributed by atoms with Gasteiger partial charge in [0.25, 0.3) is 11.8 Å². The highest BCUT2D eigenvalue weighted by Gasteiger charge is 2.36. The van der Waals surface area contributed by atoms with Gasteiger partial charge in [-0.3, -0.25) is 9.59 Å². The molecule has 0 radical (unpaired) electrons. The SMILES string of the molecule is O=C(Nc1cc(-n2ccnc2)cc2c1[C@H](c1cc(F)ccc1Cl)NC2=O)c1cc(F)cc(C(F)(F)F)c1. The molecule has 0 saturated heterocycles. The van der Waals surface area contributed by atoms with E-state index in [9.17, 15) is 31.5 Å². The number of rotatable bonds is 4. The van der Waals surface area contributed by atoms with Crippen molar-refractivity contribution in [3.8, 4) is 5.69 Å². The van der Waals surface area contributed by atoms with Crippen molar-refractivity contribution in [2.24, 2.45) is 0 Å². The van der Waals surface area contributed by atoms with E-state index in [1.165, 1.54) is 35.3 Å². The summed E-state index contributed by atoms with van der Waals surface area (Å²) < 4.78 is 69.1. The number of alkyl halides is 3. The van der Waals surface area contributed by atoms with E-state index in [4.69, 9.17) is 11.6 Å². The van der Waals surface area contributed by atoms with Gasteiger partial charge in [0.1, 0.15) is 11.6 Å². The molecule has 188 valence electrons. The molecular weight excluding hydrogens is 519 g/mol. The molecule has 0 fully saturated rings. The normalized spacial score (nSPS) is 14.9. The first-order valence-corrected chi connectivity index (χ1v) is 11.0. The maximum Gasteiger partial charge on any atom is 0.416 e. The van der Waals surface area contributed by atoms with Crippen LogP contribution < -0.4 is 10.6 Å². The third kappa shape index (κ3) is 4.65. The van der Waals surface area contributed by atoms with Crippen LogP contribution in [0, 0.1) is 11.6 Å². The van der Waals surface area contributed by atoms with Gasteiger partial charge >= 0.3 is 6.18 Å². The first kappa shape index (κ1) is 24.4. The molecular formula is C25H14ClF5N4O2. The van der Waals surface area contributed by atoms with Crippen molar-refractivity contribution in [3.05, 3.63) is 112 Å². The Morgan fingerprint density at radius 3 is 2.54 bits per heavy atom. The van der Waals surface area contributed by atoms with Gasteiger partial charge in [-0.25, -0.2) is 13.8 Å². The second-order valence-electron chi connectivity index (χ2n) is 8.18. The number of benzene rings is 3. The molecule has 2 amide bonds. The van der Waals surface area contributed by atoms with Crippen LogP contribution in [0.4, 0.5) is 27.6 Å². The zero-order valence-electron chi connectivity index (χ0n) is 18.4. The van der Waals surface area contributed by atoms with E-state index < -0.39 is 46.8 Å². The minimum atomic E-state index is -4.88. The molecule has 2 N–H and O–H groups in total. The fraction of sp³-hybridized carbons (Fsp3) is 0.0800. The molecule has 4 aromatic rings. The van der Waals surface area contributed by atoms with Crippen molar-refractivity contribution in [1.29, 1.82) is 0 Å². The molecule has 3 aromatic carbocycles. The largest absolute Gasteiger partial charge is 0.416 e. The lowest BCUT2D eigenvalue weighted by Crippen LogP contribution is -2.21. The predicted molar refractivity (Wildman–Crippen MR) is 124 cm³/mol. The molecule has 2 heterocycles. The smallest absolute Gasteiger partial charge is 0.341 e. The fourth-order valence-electron chi connectivity index (χ4n) is 4.13. The number of imidazole rings is 1. The average Bonchev–Trinajstić information content (AvgIpc) is 3.48. The van der Waals surface area contributed by atoms with Crippen molar-refractivity contribution < 1.29 is 31.5 Å². The lowest BCUT2D eigenvalue weighted by Gasteiger charge is -2.19. The zero-order chi connectivity index (χ0) is 26.5. The van der Waals surface area contributed by atoms with Crippen LogP contribution in [-0.2, 0) is 6.18 Å². The van der Waals surface area contributed by atoms with Crippen molar-refractivity contribution in [1.82, 2.24) is 14.9 Å². The molecule has 6 nitrogen and oxygen atoms in total. The fourth-order valence-corrected chi connectivity index (χ4v) is 4.36. The summed E-state index contributed by atoms with van der Waals surface area (Å²) in [4.78, 5) is 29.9. The Morgan fingerprint density at radius 2 is 1.84 bits per heavy atom. The molecule has 0 saturated carbocycles. The van der Waals surface area contributed by atoms with Gasteiger partial charge in [-0.1, -0.05) is 11.6 Å². The predicted octanol–water partition coefficient (Wildman–Crippen LogP) is 5.91. The summed E-state index contributed by atoms with van der Waals surface area (Å²) in [6, 6.07) is 7.00. The third-order valence-corrected chi connectivity index (χ3v) is 6.12. The molecule has 0 unspecified atom stereocenters. The molecule has 0 spiro atoms. The molecule has 12 heteroatoms. The summed E-state index contributed by atoms with van der Waals surface area (Å²) in [7, 11) is 0. The number of aromatic nitrogens is 2. The summed E-state index contributed by atoms with van der Waals surface area (Å²) in [5.74, 6) is -3.48. The maximum absolute atomic E-state index is 14.0. The molecule has 0 aliphatic carbocycles. The molecule has 37 heavy (non-hydrogen) atoms. The lowest BCUT2D eigenvalue weighted by atomic mass is 9.95. The number of halogens is 6. The molecule has 5 rings (SSSR count). The highest BCUT2D eigenvalue weighted by Crippen LogP contribution is 2.41. The highest BCUT2D eigenvalue weighted by atomic mass is 35.5. The second kappa shape index (κ2) is 9.00. The second-order valence-corrected chi connectivity index (χ2v) is 8.58. The molecule has 1 aliphatic rings. The Kier molecular flexibility index (Phi) is 5.95. The summed E-state index contributed by atoms with van der Waals surface area (Å²) in [5.41, 5.74) is -0.993. The van der Waals surface area contributed by atoms with Gasteiger partial charge < -0.3 is 15.2 Å². The van der Waals surface area contributed by atoms with E-state index in [1.807, 2.05) is 0 Å². The van der Waals surface area contributed by atoms with Crippen LogP contribution in [0.2, 0.25) is 5.02 Å². The average molecular weight is 533 g/mol.